The summed E-state index contributed by atoms with van der Waals surface area (Å²) < 4.78 is 0. The summed E-state index contributed by atoms with van der Waals surface area (Å²) >= 11 is 0. The second kappa shape index (κ2) is 8.77. The molecule has 0 aromatic heterocycles. The standard InChI is InChI=1S/C23H26N4O3/c1-24-11-15-3-2-4-16(9-15)12-25-13-17-5-6-18-14-27(23(30)19(18)10-17)20-7-8-21(28)26-22(20)29/h2-6,9-10,20,24-25H,7-8,11-14H2,1H3,(H,26,28,29). The Morgan fingerprint density at radius 1 is 1.00 bits per heavy atom. The van der Waals surface area contributed by atoms with Gasteiger partial charge in [-0.05, 0) is 41.8 Å². The molecule has 30 heavy (non-hydrogen) atoms. The van der Waals surface area contributed by atoms with Crippen LogP contribution in [0.15, 0.2) is 42.5 Å². The van der Waals surface area contributed by atoms with E-state index in [4.69, 9.17) is 0 Å². The van der Waals surface area contributed by atoms with Crippen LogP contribution in [0.2, 0.25) is 0 Å². The van der Waals surface area contributed by atoms with Gasteiger partial charge in [-0.2, -0.15) is 0 Å². The van der Waals surface area contributed by atoms with Crippen LogP contribution in [0.5, 0.6) is 0 Å². The Bertz CT molecular complexity index is 988. The molecule has 4 rings (SSSR count). The average Bonchev–Trinajstić information content (AvgIpc) is 3.05. The molecular formula is C23H26N4O3. The van der Waals surface area contributed by atoms with Crippen LogP contribution in [-0.4, -0.2) is 35.7 Å². The quantitative estimate of drug-likeness (QED) is 0.606. The Hall–Kier alpha value is -3.03. The molecule has 3 N–H and O–H groups in total. The third-order valence-electron chi connectivity index (χ3n) is 5.62. The van der Waals surface area contributed by atoms with Crippen LogP contribution in [0.1, 0.15) is 45.5 Å². The van der Waals surface area contributed by atoms with Gasteiger partial charge >= 0.3 is 0 Å². The number of rotatable bonds is 7. The lowest BCUT2D eigenvalue weighted by molar-refractivity contribution is -0.136. The maximum absolute atomic E-state index is 12.9. The number of nitrogens with zero attached hydrogens (tertiary/aromatic N) is 1. The van der Waals surface area contributed by atoms with Crippen LogP contribution in [0, 0.1) is 0 Å². The van der Waals surface area contributed by atoms with Gasteiger partial charge in [-0.25, -0.2) is 0 Å². The fourth-order valence-electron chi connectivity index (χ4n) is 4.12. The summed E-state index contributed by atoms with van der Waals surface area (Å²) in [4.78, 5) is 38.0. The highest BCUT2D eigenvalue weighted by Gasteiger charge is 2.39. The van der Waals surface area contributed by atoms with Crippen molar-refractivity contribution >= 4 is 17.7 Å². The minimum Gasteiger partial charge on any atom is -0.322 e. The lowest BCUT2D eigenvalue weighted by Crippen LogP contribution is -2.52. The molecular weight excluding hydrogens is 380 g/mol. The first kappa shape index (κ1) is 20.3. The second-order valence-electron chi connectivity index (χ2n) is 7.85. The zero-order valence-electron chi connectivity index (χ0n) is 17.0. The van der Waals surface area contributed by atoms with E-state index < -0.39 is 6.04 Å². The first-order chi connectivity index (χ1) is 14.5. The smallest absolute Gasteiger partial charge is 0.255 e. The van der Waals surface area contributed by atoms with E-state index in [1.807, 2.05) is 25.2 Å². The molecule has 0 radical (unpaired) electrons. The van der Waals surface area contributed by atoms with Gasteiger partial charge in [-0.3, -0.25) is 19.7 Å². The van der Waals surface area contributed by atoms with E-state index in [-0.39, 0.29) is 24.1 Å². The monoisotopic (exact) mass is 406 g/mol. The molecule has 7 nitrogen and oxygen atoms in total. The molecule has 1 fully saturated rings. The number of imide groups is 1. The number of piperidine rings is 1. The lowest BCUT2D eigenvalue weighted by Gasteiger charge is -2.29. The van der Waals surface area contributed by atoms with Gasteiger partial charge in [0.15, 0.2) is 0 Å². The summed E-state index contributed by atoms with van der Waals surface area (Å²) in [6.07, 6.45) is 0.645. The van der Waals surface area contributed by atoms with Gasteiger partial charge < -0.3 is 15.5 Å². The number of carbonyl (C=O) groups is 3. The maximum atomic E-state index is 12.9. The summed E-state index contributed by atoms with van der Waals surface area (Å²) in [7, 11) is 1.93. The van der Waals surface area contributed by atoms with Crippen LogP contribution >= 0.6 is 0 Å². The summed E-state index contributed by atoms with van der Waals surface area (Å²) in [5, 5.41) is 8.92. The Morgan fingerprint density at radius 3 is 2.47 bits per heavy atom. The molecule has 2 aliphatic rings. The van der Waals surface area contributed by atoms with Crippen molar-refractivity contribution in [3.63, 3.8) is 0 Å². The Balaban J connectivity index is 1.38. The number of hydrogen-bond donors (Lipinski definition) is 3. The molecule has 0 saturated carbocycles. The van der Waals surface area contributed by atoms with E-state index in [2.05, 4.69) is 40.2 Å². The summed E-state index contributed by atoms with van der Waals surface area (Å²) in [5.74, 6) is -0.791. The predicted octanol–water partition coefficient (Wildman–Crippen LogP) is 1.46. The van der Waals surface area contributed by atoms with E-state index in [1.165, 1.54) is 11.1 Å². The van der Waals surface area contributed by atoms with Crippen LogP contribution in [0.3, 0.4) is 0 Å². The molecule has 2 aliphatic heterocycles. The Labute approximate surface area is 175 Å². The largest absolute Gasteiger partial charge is 0.322 e. The van der Waals surface area contributed by atoms with Crippen molar-refractivity contribution in [2.45, 2.75) is 45.1 Å². The minimum atomic E-state index is -0.575. The molecule has 1 atom stereocenters. The summed E-state index contributed by atoms with van der Waals surface area (Å²) in [5.41, 5.74) is 5.05. The zero-order valence-corrected chi connectivity index (χ0v) is 17.0. The van der Waals surface area contributed by atoms with Crippen molar-refractivity contribution < 1.29 is 14.4 Å². The van der Waals surface area contributed by atoms with Crippen LogP contribution < -0.4 is 16.0 Å². The summed E-state index contributed by atoms with van der Waals surface area (Å²) in [6, 6.07) is 13.7. The molecule has 3 amide bonds. The van der Waals surface area contributed by atoms with E-state index >= 15 is 0 Å². The highest BCUT2D eigenvalue weighted by Crippen LogP contribution is 2.28. The van der Waals surface area contributed by atoms with Gasteiger partial charge in [0.25, 0.3) is 5.91 Å². The van der Waals surface area contributed by atoms with Gasteiger partial charge in [0, 0.05) is 38.2 Å². The molecule has 2 aromatic rings. The highest BCUT2D eigenvalue weighted by molar-refractivity contribution is 6.05. The topological polar surface area (TPSA) is 90.5 Å². The number of benzene rings is 2. The zero-order chi connectivity index (χ0) is 21.1. The first-order valence-electron chi connectivity index (χ1n) is 10.2. The molecule has 1 saturated heterocycles. The number of amides is 3. The number of fused-ring (bicyclic) bond motifs is 1. The number of carbonyl (C=O) groups excluding carboxylic acids is 3. The lowest BCUT2D eigenvalue weighted by atomic mass is 10.0. The number of nitrogens with one attached hydrogen (secondary N) is 3. The molecule has 0 bridgehead atoms. The molecule has 1 unspecified atom stereocenters. The Morgan fingerprint density at radius 2 is 1.73 bits per heavy atom. The van der Waals surface area contributed by atoms with Gasteiger partial charge in [0.05, 0.1) is 0 Å². The fraction of sp³-hybridized carbons (Fsp3) is 0.348. The second-order valence-corrected chi connectivity index (χ2v) is 7.85. The van der Waals surface area contributed by atoms with Crippen LogP contribution in [0.25, 0.3) is 0 Å². The van der Waals surface area contributed by atoms with Crippen molar-refractivity contribution in [1.29, 1.82) is 0 Å². The molecule has 156 valence electrons. The molecule has 2 heterocycles. The van der Waals surface area contributed by atoms with Gasteiger partial charge in [0.1, 0.15) is 6.04 Å². The Kier molecular flexibility index (Phi) is 5.92. The van der Waals surface area contributed by atoms with Gasteiger partial charge in [-0.1, -0.05) is 36.4 Å². The maximum Gasteiger partial charge on any atom is 0.255 e. The van der Waals surface area contributed by atoms with Crippen LogP contribution in [0.4, 0.5) is 0 Å². The van der Waals surface area contributed by atoms with E-state index in [1.54, 1.807) is 4.90 Å². The van der Waals surface area contributed by atoms with Crippen molar-refractivity contribution in [3.8, 4) is 0 Å². The third-order valence-corrected chi connectivity index (χ3v) is 5.62. The molecule has 0 aliphatic carbocycles. The van der Waals surface area contributed by atoms with Crippen molar-refractivity contribution in [2.24, 2.45) is 0 Å². The molecule has 2 aromatic carbocycles. The van der Waals surface area contributed by atoms with E-state index in [9.17, 15) is 14.4 Å². The predicted molar refractivity (Wildman–Crippen MR) is 112 cm³/mol. The SMILES string of the molecule is CNCc1cccc(CNCc2ccc3c(c2)C(=O)N(C2CCC(=O)NC2=O)C3)c1. The van der Waals surface area contributed by atoms with Gasteiger partial charge in [0.2, 0.25) is 11.8 Å². The number of hydrogen-bond acceptors (Lipinski definition) is 5. The van der Waals surface area contributed by atoms with Crippen molar-refractivity contribution in [2.75, 3.05) is 7.05 Å². The van der Waals surface area contributed by atoms with Crippen molar-refractivity contribution in [3.05, 3.63) is 70.3 Å². The van der Waals surface area contributed by atoms with E-state index in [0.717, 1.165) is 24.2 Å². The summed E-state index contributed by atoms with van der Waals surface area (Å²) in [6.45, 7) is 2.64. The van der Waals surface area contributed by atoms with E-state index in [0.29, 0.717) is 25.1 Å². The first-order valence-corrected chi connectivity index (χ1v) is 10.2. The highest BCUT2D eigenvalue weighted by atomic mass is 16.2. The van der Waals surface area contributed by atoms with Crippen LogP contribution in [-0.2, 0) is 35.8 Å². The fourth-order valence-corrected chi connectivity index (χ4v) is 4.12. The molecule has 0 spiro atoms. The van der Waals surface area contributed by atoms with Crippen molar-refractivity contribution in [1.82, 2.24) is 20.9 Å². The third kappa shape index (κ3) is 4.27. The minimum absolute atomic E-state index is 0.138. The van der Waals surface area contributed by atoms with Gasteiger partial charge in [-0.15, -0.1) is 0 Å². The normalized spacial score (nSPS) is 18.5. The average molecular weight is 406 g/mol. The molecule has 7 heteroatoms.